The van der Waals surface area contributed by atoms with E-state index in [2.05, 4.69) is 170 Å². The van der Waals surface area contributed by atoms with Gasteiger partial charge in [0.25, 0.3) is 0 Å². The molecule has 0 fully saturated rings. The Morgan fingerprint density at radius 3 is 1.74 bits per heavy atom. The summed E-state index contributed by atoms with van der Waals surface area (Å²) < 4.78 is 0. The molecule has 9 rings (SSSR count). The van der Waals surface area contributed by atoms with Gasteiger partial charge in [-0.2, -0.15) is 0 Å². The second kappa shape index (κ2) is 10.7. The van der Waals surface area contributed by atoms with E-state index in [1.807, 2.05) is 6.07 Å². The number of hydrogen-bond acceptors (Lipinski definition) is 1. The molecule has 0 radical (unpaired) electrons. The van der Waals surface area contributed by atoms with Gasteiger partial charge in [0.1, 0.15) is 0 Å². The van der Waals surface area contributed by atoms with Crippen LogP contribution in [0.15, 0.2) is 164 Å². The van der Waals surface area contributed by atoms with Crippen molar-refractivity contribution in [3.63, 3.8) is 0 Å². The zero-order valence-electron chi connectivity index (χ0n) is 26.2. The van der Waals surface area contributed by atoms with Gasteiger partial charge in [-0.1, -0.05) is 158 Å². The number of aryl methyl sites for hydroxylation is 1. The number of carbonyl (C=O) groups excluding carboxylic acids is 1. The predicted octanol–water partition coefficient (Wildman–Crippen LogP) is 10.1. The molecule has 6 aromatic rings. The van der Waals surface area contributed by atoms with E-state index in [9.17, 15) is 0 Å². The molecule has 1 amide bonds. The van der Waals surface area contributed by atoms with Gasteiger partial charge in [-0.3, -0.25) is 4.79 Å². The Hall–Kier alpha value is -5.73. The SMILES string of the molecule is Cc1ccc2c(c1)N(Cc1ccccc1)C(=O)C1c3ccccc3C3=C(c4ccccc4)C(c4ccccc4)=C(c4ccccc4)C321. The molecule has 224 valence electrons. The van der Waals surface area contributed by atoms with Gasteiger partial charge in [0, 0.05) is 5.69 Å². The Labute approximate surface area is 276 Å². The molecule has 0 bridgehead atoms. The lowest BCUT2D eigenvalue weighted by molar-refractivity contribution is -0.121. The van der Waals surface area contributed by atoms with Crippen molar-refractivity contribution in [2.45, 2.75) is 24.8 Å². The summed E-state index contributed by atoms with van der Waals surface area (Å²) in [6, 6.07) is 58.2. The fourth-order valence-corrected chi connectivity index (χ4v) is 8.52. The first kappa shape index (κ1) is 27.6. The summed E-state index contributed by atoms with van der Waals surface area (Å²) in [6.07, 6.45) is 0. The van der Waals surface area contributed by atoms with Gasteiger partial charge in [-0.05, 0) is 79.8 Å². The Morgan fingerprint density at radius 1 is 0.574 bits per heavy atom. The maximum atomic E-state index is 15.5. The van der Waals surface area contributed by atoms with Crippen molar-refractivity contribution in [1.29, 1.82) is 0 Å². The molecule has 1 heterocycles. The average molecular weight is 604 g/mol. The molecule has 47 heavy (non-hydrogen) atoms. The molecular formula is C45H33NO. The number of carbonyl (C=O) groups is 1. The molecule has 0 N–H and O–H groups in total. The minimum atomic E-state index is -0.727. The smallest absolute Gasteiger partial charge is 0.236 e. The number of rotatable bonds is 5. The highest BCUT2D eigenvalue weighted by Gasteiger charge is 2.64. The maximum absolute atomic E-state index is 15.5. The van der Waals surface area contributed by atoms with E-state index in [1.165, 1.54) is 27.9 Å². The third-order valence-corrected chi connectivity index (χ3v) is 10.3. The summed E-state index contributed by atoms with van der Waals surface area (Å²) in [5, 5.41) is 0. The molecule has 1 spiro atoms. The molecule has 2 aliphatic carbocycles. The van der Waals surface area contributed by atoms with Crippen LogP contribution in [0.2, 0.25) is 0 Å². The van der Waals surface area contributed by atoms with Gasteiger partial charge in [0.15, 0.2) is 0 Å². The monoisotopic (exact) mass is 603 g/mol. The molecule has 1 aliphatic heterocycles. The topological polar surface area (TPSA) is 20.3 Å². The van der Waals surface area contributed by atoms with E-state index in [1.54, 1.807) is 0 Å². The summed E-state index contributed by atoms with van der Waals surface area (Å²) in [5.41, 5.74) is 14.3. The van der Waals surface area contributed by atoms with Gasteiger partial charge < -0.3 is 4.90 Å². The lowest BCUT2D eigenvalue weighted by Gasteiger charge is -2.46. The number of amides is 1. The Morgan fingerprint density at radius 2 is 1.11 bits per heavy atom. The molecule has 0 saturated heterocycles. The van der Waals surface area contributed by atoms with Crippen LogP contribution in [0.25, 0.3) is 22.3 Å². The molecule has 2 unspecified atom stereocenters. The highest BCUT2D eigenvalue weighted by molar-refractivity contribution is 6.35. The van der Waals surface area contributed by atoms with Crippen LogP contribution in [0.4, 0.5) is 5.69 Å². The lowest BCUT2D eigenvalue weighted by Crippen LogP contribution is -2.48. The van der Waals surface area contributed by atoms with Gasteiger partial charge in [-0.15, -0.1) is 0 Å². The minimum Gasteiger partial charge on any atom is -0.307 e. The van der Waals surface area contributed by atoms with Crippen LogP contribution in [0.3, 0.4) is 0 Å². The van der Waals surface area contributed by atoms with Gasteiger partial charge in [0.05, 0.1) is 17.9 Å². The quantitative estimate of drug-likeness (QED) is 0.192. The summed E-state index contributed by atoms with van der Waals surface area (Å²) in [7, 11) is 0. The first-order chi connectivity index (χ1) is 23.2. The molecular weight excluding hydrogens is 571 g/mol. The van der Waals surface area contributed by atoms with E-state index in [4.69, 9.17) is 0 Å². The van der Waals surface area contributed by atoms with Crippen molar-refractivity contribution in [1.82, 2.24) is 0 Å². The fraction of sp³-hybridized carbons (Fsp3) is 0.0889. The second-order valence-corrected chi connectivity index (χ2v) is 12.9. The highest BCUT2D eigenvalue weighted by Crippen LogP contribution is 2.73. The summed E-state index contributed by atoms with van der Waals surface area (Å²) in [5.74, 6) is -0.285. The standard InChI is InChI=1S/C45H33NO/c1-30-26-27-37-38(28-30)46(29-31-16-6-2-7-17-31)44(47)43-36-25-15-14-24-35(36)42-40(33-20-10-4-11-21-33)39(32-18-8-3-9-19-32)41(45(37,42)43)34-22-12-5-13-23-34/h2-28,43H,29H2,1H3. The molecule has 6 aromatic carbocycles. The zero-order valence-corrected chi connectivity index (χ0v) is 26.2. The molecule has 3 aliphatic rings. The minimum absolute atomic E-state index is 0.143. The Bertz CT molecular complexity index is 2190. The third-order valence-electron chi connectivity index (χ3n) is 10.3. The van der Waals surface area contributed by atoms with Crippen LogP contribution in [-0.4, -0.2) is 5.91 Å². The molecule has 0 aromatic heterocycles. The largest absolute Gasteiger partial charge is 0.307 e. The molecule has 2 atom stereocenters. The Kier molecular flexibility index (Phi) is 6.26. The van der Waals surface area contributed by atoms with Crippen molar-refractivity contribution in [3.8, 4) is 0 Å². The first-order valence-electron chi connectivity index (χ1n) is 16.4. The second-order valence-electron chi connectivity index (χ2n) is 12.9. The predicted molar refractivity (Wildman–Crippen MR) is 193 cm³/mol. The highest BCUT2D eigenvalue weighted by atomic mass is 16.2. The molecule has 2 nitrogen and oxygen atoms in total. The summed E-state index contributed by atoms with van der Waals surface area (Å²) in [6.45, 7) is 2.65. The van der Waals surface area contributed by atoms with Crippen molar-refractivity contribution in [2.24, 2.45) is 0 Å². The van der Waals surface area contributed by atoms with Crippen LogP contribution in [0.5, 0.6) is 0 Å². The fourth-order valence-electron chi connectivity index (χ4n) is 8.52. The van der Waals surface area contributed by atoms with Crippen molar-refractivity contribution in [3.05, 3.63) is 208 Å². The molecule has 0 saturated carbocycles. The summed E-state index contributed by atoms with van der Waals surface area (Å²) >= 11 is 0. The molecule has 2 heteroatoms. The normalized spacial score (nSPS) is 19.4. The lowest BCUT2D eigenvalue weighted by atomic mass is 9.60. The van der Waals surface area contributed by atoms with Crippen LogP contribution >= 0.6 is 0 Å². The van der Waals surface area contributed by atoms with Gasteiger partial charge >= 0.3 is 0 Å². The average Bonchev–Trinajstić information content (AvgIpc) is 3.60. The van der Waals surface area contributed by atoms with Crippen molar-refractivity contribution >= 4 is 33.9 Å². The van der Waals surface area contributed by atoms with Gasteiger partial charge in [0.2, 0.25) is 5.91 Å². The first-order valence-corrected chi connectivity index (χ1v) is 16.4. The third kappa shape index (κ3) is 3.95. The van der Waals surface area contributed by atoms with E-state index in [0.717, 1.165) is 44.6 Å². The van der Waals surface area contributed by atoms with Crippen LogP contribution < -0.4 is 4.90 Å². The van der Waals surface area contributed by atoms with E-state index in [-0.39, 0.29) is 5.91 Å². The van der Waals surface area contributed by atoms with Gasteiger partial charge in [-0.25, -0.2) is 0 Å². The number of anilines is 1. The summed E-state index contributed by atoms with van der Waals surface area (Å²) in [4.78, 5) is 17.6. The van der Waals surface area contributed by atoms with E-state index >= 15 is 4.79 Å². The van der Waals surface area contributed by atoms with Crippen LogP contribution in [0.1, 0.15) is 50.4 Å². The zero-order chi connectivity index (χ0) is 31.5. The number of fused-ring (bicyclic) bond motifs is 4. The van der Waals surface area contributed by atoms with E-state index in [0.29, 0.717) is 6.54 Å². The van der Waals surface area contributed by atoms with E-state index < -0.39 is 11.3 Å². The maximum Gasteiger partial charge on any atom is 0.236 e. The number of hydrogen-bond donors (Lipinski definition) is 0. The number of benzene rings is 6. The van der Waals surface area contributed by atoms with Crippen LogP contribution in [0, 0.1) is 6.92 Å². The number of nitrogens with zero attached hydrogens (tertiary/aromatic N) is 1. The van der Waals surface area contributed by atoms with Crippen LogP contribution in [-0.2, 0) is 16.8 Å². The van der Waals surface area contributed by atoms with Crippen molar-refractivity contribution < 1.29 is 4.79 Å². The van der Waals surface area contributed by atoms with Crippen molar-refractivity contribution in [2.75, 3.05) is 4.90 Å². The Balaban J connectivity index is 1.48. The number of allylic oxidation sites excluding steroid dienone is 4.